The van der Waals surface area contributed by atoms with Crippen LogP contribution in [0.4, 0.5) is 0 Å². The maximum atomic E-state index is 4.24. The molecule has 0 atom stereocenters. The number of rotatable bonds is 3. The Morgan fingerprint density at radius 3 is 2.79 bits per heavy atom. The molecule has 1 aromatic rings. The number of hydrogen-bond acceptors (Lipinski definition) is 2. The van der Waals surface area contributed by atoms with Gasteiger partial charge in [-0.25, -0.2) is 9.97 Å². The van der Waals surface area contributed by atoms with Crippen LogP contribution in [-0.4, -0.2) is 19.5 Å². The SMILES string of the molecule is CCCCc1nc2cn1-2.c1c[nH]cn1. The Morgan fingerprint density at radius 2 is 2.43 bits per heavy atom. The summed E-state index contributed by atoms with van der Waals surface area (Å²) in [6.07, 6.45) is 10.9. The maximum absolute atomic E-state index is 4.24. The molecule has 0 unspecified atom stereocenters. The Kier molecular flexibility index (Phi) is 2.62. The van der Waals surface area contributed by atoms with Crippen LogP contribution < -0.4 is 0 Å². The molecule has 14 heavy (non-hydrogen) atoms. The standard InChI is InChI=1S/C7H10N2.C3H4N2/c1-2-3-4-6-8-7-5-9(6)7;1-2-5-3-4-1/h5H,2-4H2,1H3;1-3H,(H,4,5). The number of nitrogens with zero attached hydrogens (tertiary/aromatic N) is 3. The zero-order chi connectivity index (χ0) is 9.80. The molecule has 3 heterocycles. The molecule has 2 aliphatic heterocycles. The Labute approximate surface area is 83.0 Å². The number of aryl methyl sites for hydroxylation is 1. The van der Waals surface area contributed by atoms with E-state index in [2.05, 4.69) is 32.6 Å². The topological polar surface area (TPSA) is 46.5 Å². The second-order valence-corrected chi connectivity index (χ2v) is 3.25. The summed E-state index contributed by atoms with van der Waals surface area (Å²) in [4.78, 5) is 10.7. The van der Waals surface area contributed by atoms with Gasteiger partial charge in [0.2, 0.25) is 0 Å². The van der Waals surface area contributed by atoms with Gasteiger partial charge < -0.3 is 4.98 Å². The Hall–Kier alpha value is -1.58. The first-order chi connectivity index (χ1) is 6.92. The van der Waals surface area contributed by atoms with Crippen LogP contribution in [0, 0.1) is 0 Å². The van der Waals surface area contributed by atoms with E-state index in [1.165, 1.54) is 24.5 Å². The van der Waals surface area contributed by atoms with Crippen molar-refractivity contribution in [3.8, 4) is 5.82 Å². The fraction of sp³-hybridized carbons (Fsp3) is 0.400. The van der Waals surface area contributed by atoms with Crippen molar-refractivity contribution in [3.05, 3.63) is 30.7 Å². The molecule has 0 radical (unpaired) electrons. The Morgan fingerprint density at radius 1 is 1.50 bits per heavy atom. The van der Waals surface area contributed by atoms with Crippen LogP contribution >= 0.6 is 0 Å². The fourth-order valence-electron chi connectivity index (χ4n) is 1.24. The molecule has 0 bridgehead atoms. The molecule has 0 aromatic carbocycles. The first-order valence-corrected chi connectivity index (χ1v) is 4.93. The highest BCUT2D eigenvalue weighted by molar-refractivity contribution is 5.39. The van der Waals surface area contributed by atoms with Gasteiger partial charge in [-0.15, -0.1) is 0 Å². The Balaban J connectivity index is 0.000000128. The van der Waals surface area contributed by atoms with Gasteiger partial charge in [-0.2, -0.15) is 0 Å². The molecule has 4 heteroatoms. The number of unbranched alkanes of at least 4 members (excludes halogenated alkanes) is 1. The predicted molar refractivity (Wildman–Crippen MR) is 54.3 cm³/mol. The van der Waals surface area contributed by atoms with E-state index in [9.17, 15) is 0 Å². The second-order valence-electron chi connectivity index (χ2n) is 3.25. The van der Waals surface area contributed by atoms with E-state index < -0.39 is 0 Å². The number of aromatic nitrogens is 4. The number of H-pyrrole nitrogens is 1. The highest BCUT2D eigenvalue weighted by Crippen LogP contribution is 2.24. The van der Waals surface area contributed by atoms with Gasteiger partial charge in [0.15, 0.2) is 5.82 Å². The lowest BCUT2D eigenvalue weighted by Gasteiger charge is -2.02. The molecule has 1 aromatic heterocycles. The van der Waals surface area contributed by atoms with E-state index >= 15 is 0 Å². The minimum absolute atomic E-state index is 1.16. The van der Waals surface area contributed by atoms with Crippen LogP contribution in [0.25, 0.3) is 5.82 Å². The van der Waals surface area contributed by atoms with E-state index in [-0.39, 0.29) is 0 Å². The normalized spacial score (nSPS) is 10.6. The smallest absolute Gasteiger partial charge is 0.157 e. The van der Waals surface area contributed by atoms with Crippen molar-refractivity contribution in [1.82, 2.24) is 19.5 Å². The molecule has 0 aliphatic carbocycles. The van der Waals surface area contributed by atoms with Crippen molar-refractivity contribution >= 4 is 0 Å². The lowest BCUT2D eigenvalue weighted by atomic mass is 10.2. The van der Waals surface area contributed by atoms with Crippen molar-refractivity contribution in [1.29, 1.82) is 0 Å². The number of fused-ring (bicyclic) bond motifs is 1. The molecule has 0 amide bonds. The van der Waals surface area contributed by atoms with E-state index in [4.69, 9.17) is 0 Å². The molecule has 2 aliphatic rings. The highest BCUT2D eigenvalue weighted by atomic mass is 15.3. The van der Waals surface area contributed by atoms with Crippen LogP contribution in [0.2, 0.25) is 0 Å². The molecular weight excluding hydrogens is 176 g/mol. The monoisotopic (exact) mass is 190 g/mol. The van der Waals surface area contributed by atoms with E-state index in [0.29, 0.717) is 0 Å². The summed E-state index contributed by atoms with van der Waals surface area (Å²) in [5, 5.41) is 0. The molecule has 4 nitrogen and oxygen atoms in total. The number of hydrogen-bond donors (Lipinski definition) is 1. The van der Waals surface area contributed by atoms with Gasteiger partial charge in [0.05, 0.1) is 12.5 Å². The maximum Gasteiger partial charge on any atom is 0.157 e. The minimum Gasteiger partial charge on any atom is -0.351 e. The number of aromatic amines is 1. The summed E-state index contributed by atoms with van der Waals surface area (Å²) in [6, 6.07) is 0. The molecule has 3 rings (SSSR count). The third kappa shape index (κ3) is 2.02. The van der Waals surface area contributed by atoms with Crippen molar-refractivity contribution in [3.63, 3.8) is 0 Å². The molecule has 0 saturated carbocycles. The molecule has 74 valence electrons. The van der Waals surface area contributed by atoms with Crippen LogP contribution in [-0.2, 0) is 6.42 Å². The summed E-state index contributed by atoms with van der Waals surface area (Å²) in [5.74, 6) is 2.45. The summed E-state index contributed by atoms with van der Waals surface area (Å²) in [5.41, 5.74) is 0. The van der Waals surface area contributed by atoms with Gasteiger partial charge in [0, 0.05) is 18.8 Å². The largest absolute Gasteiger partial charge is 0.351 e. The van der Waals surface area contributed by atoms with Crippen LogP contribution in [0.5, 0.6) is 0 Å². The van der Waals surface area contributed by atoms with Crippen LogP contribution in [0.3, 0.4) is 0 Å². The van der Waals surface area contributed by atoms with Gasteiger partial charge in [0.25, 0.3) is 0 Å². The highest BCUT2D eigenvalue weighted by Gasteiger charge is 2.21. The summed E-state index contributed by atoms with van der Waals surface area (Å²) in [6.45, 7) is 2.20. The molecule has 0 spiro atoms. The van der Waals surface area contributed by atoms with Crippen LogP contribution in [0.15, 0.2) is 24.9 Å². The van der Waals surface area contributed by atoms with Gasteiger partial charge in [0.1, 0.15) is 5.82 Å². The first-order valence-electron chi connectivity index (χ1n) is 4.93. The summed E-state index contributed by atoms with van der Waals surface area (Å²) < 4.78 is 2.16. The third-order valence-corrected chi connectivity index (χ3v) is 2.11. The first kappa shape index (κ1) is 8.99. The van der Waals surface area contributed by atoms with Crippen LogP contribution in [0.1, 0.15) is 25.6 Å². The van der Waals surface area contributed by atoms with E-state index in [1.807, 2.05) is 0 Å². The molecule has 1 N–H and O–H groups in total. The van der Waals surface area contributed by atoms with Gasteiger partial charge in [-0.05, 0) is 6.42 Å². The molecule has 0 fully saturated rings. The average molecular weight is 190 g/mol. The predicted octanol–water partition coefficient (Wildman–Crippen LogP) is 1.94. The van der Waals surface area contributed by atoms with Crippen molar-refractivity contribution in [2.45, 2.75) is 26.2 Å². The number of nitrogens with one attached hydrogen (secondary N) is 1. The van der Waals surface area contributed by atoms with Gasteiger partial charge >= 0.3 is 0 Å². The molecular formula is C10H14N4. The van der Waals surface area contributed by atoms with E-state index in [0.717, 1.165) is 6.42 Å². The van der Waals surface area contributed by atoms with Gasteiger partial charge in [-0.3, -0.25) is 4.57 Å². The lowest BCUT2D eigenvalue weighted by Crippen LogP contribution is -2.01. The van der Waals surface area contributed by atoms with Crippen molar-refractivity contribution in [2.75, 3.05) is 0 Å². The van der Waals surface area contributed by atoms with Crippen molar-refractivity contribution < 1.29 is 0 Å². The third-order valence-electron chi connectivity index (χ3n) is 2.11. The second kappa shape index (κ2) is 4.09. The van der Waals surface area contributed by atoms with Crippen molar-refractivity contribution in [2.24, 2.45) is 0 Å². The average Bonchev–Trinajstić information content (AvgIpc) is 2.69. The zero-order valence-electron chi connectivity index (χ0n) is 8.27. The minimum atomic E-state index is 1.16. The van der Waals surface area contributed by atoms with Gasteiger partial charge in [-0.1, -0.05) is 13.3 Å². The molecule has 0 saturated heterocycles. The van der Waals surface area contributed by atoms with E-state index in [1.54, 1.807) is 18.7 Å². The quantitative estimate of drug-likeness (QED) is 0.686. The number of imidazole rings is 2. The zero-order valence-corrected chi connectivity index (χ0v) is 8.27. The summed E-state index contributed by atoms with van der Waals surface area (Å²) >= 11 is 0. The Bertz CT molecular complexity index is 358. The summed E-state index contributed by atoms with van der Waals surface area (Å²) in [7, 11) is 0. The lowest BCUT2D eigenvalue weighted by molar-refractivity contribution is 0.720. The fourth-order valence-corrected chi connectivity index (χ4v) is 1.24.